The number of fused-ring (bicyclic) bond motifs is 2. The lowest BCUT2D eigenvalue weighted by atomic mass is 9.99. The summed E-state index contributed by atoms with van der Waals surface area (Å²) >= 11 is 0. The number of hydrogen-bond acceptors (Lipinski definition) is 10. The molecule has 2 fully saturated rings. The van der Waals surface area contributed by atoms with Crippen molar-refractivity contribution in [2.24, 2.45) is 0 Å². The zero-order chi connectivity index (χ0) is 18.6. The van der Waals surface area contributed by atoms with Crippen LogP contribution in [-0.2, 0) is 33.2 Å². The average molecular weight is 382 g/mol. The molecule has 0 aromatic heterocycles. The van der Waals surface area contributed by atoms with E-state index in [1.165, 1.54) is 0 Å². The van der Waals surface area contributed by atoms with Gasteiger partial charge in [-0.05, 0) is 0 Å². The lowest BCUT2D eigenvalue weighted by Crippen LogP contribution is -2.59. The molecule has 26 heavy (non-hydrogen) atoms. The molecule has 2 rings (SSSR count). The van der Waals surface area contributed by atoms with E-state index in [-0.39, 0.29) is 19.8 Å². The van der Waals surface area contributed by atoms with Crippen molar-refractivity contribution < 1.29 is 48.5 Å². The fourth-order valence-corrected chi connectivity index (χ4v) is 2.49. The minimum atomic E-state index is -1.39. The molecule has 2 bridgehead atoms. The number of hydrogen-bond donors (Lipinski definition) is 3. The quantitative estimate of drug-likeness (QED) is 0.429. The molecule has 10 nitrogen and oxygen atoms in total. The monoisotopic (exact) mass is 382 g/mol. The summed E-state index contributed by atoms with van der Waals surface area (Å²) in [6.07, 6.45) is -5.90. The molecule has 2 aliphatic rings. The molecule has 3 N–H and O–H groups in total. The highest BCUT2D eigenvalue weighted by molar-refractivity contribution is 4.89. The fraction of sp³-hybridized carbons (Fsp3) is 1.00. The van der Waals surface area contributed by atoms with E-state index in [9.17, 15) is 15.3 Å². The maximum Gasteiger partial charge on any atom is 0.186 e. The third-order valence-corrected chi connectivity index (χ3v) is 3.95. The van der Waals surface area contributed by atoms with E-state index in [1.54, 1.807) is 0 Å². The van der Waals surface area contributed by atoms with Gasteiger partial charge in [0.05, 0.1) is 72.7 Å². The Morgan fingerprint density at radius 1 is 0.500 bits per heavy atom. The van der Waals surface area contributed by atoms with E-state index in [1.807, 2.05) is 0 Å². The van der Waals surface area contributed by atoms with Crippen LogP contribution in [0.3, 0.4) is 0 Å². The average Bonchev–Trinajstić information content (AvgIpc) is 2.64. The molecule has 154 valence electrons. The maximum atomic E-state index is 10.0. The molecule has 0 aliphatic carbocycles. The van der Waals surface area contributed by atoms with Crippen LogP contribution in [0.15, 0.2) is 0 Å². The first-order valence-electron chi connectivity index (χ1n) is 8.90. The molecular weight excluding hydrogens is 352 g/mol. The summed E-state index contributed by atoms with van der Waals surface area (Å²) in [4.78, 5) is 0. The summed E-state index contributed by atoms with van der Waals surface area (Å²) < 4.78 is 37.7. The van der Waals surface area contributed by atoms with Crippen LogP contribution in [0.4, 0.5) is 0 Å². The molecule has 0 amide bonds. The van der Waals surface area contributed by atoms with Gasteiger partial charge < -0.3 is 48.5 Å². The van der Waals surface area contributed by atoms with Crippen molar-refractivity contribution in [2.45, 2.75) is 30.7 Å². The SMILES string of the molecule is O[C@@H]1[C@@H](O)[C@H]2OCCOCCOCCOCCOCCOC[C@@H](O2)[C@H]1O. The third kappa shape index (κ3) is 7.69. The molecule has 0 saturated carbocycles. The summed E-state index contributed by atoms with van der Waals surface area (Å²) in [7, 11) is 0. The molecule has 0 spiro atoms. The van der Waals surface area contributed by atoms with E-state index in [4.69, 9.17) is 33.2 Å². The summed E-state index contributed by atoms with van der Waals surface area (Å²) in [5.74, 6) is 0. The van der Waals surface area contributed by atoms with E-state index >= 15 is 0 Å². The highest BCUT2D eigenvalue weighted by Crippen LogP contribution is 2.22. The Labute approximate surface area is 152 Å². The molecule has 2 saturated heterocycles. The highest BCUT2D eigenvalue weighted by Gasteiger charge is 2.44. The topological polar surface area (TPSA) is 125 Å². The van der Waals surface area contributed by atoms with Crippen molar-refractivity contribution in [3.63, 3.8) is 0 Å². The second-order valence-electron chi connectivity index (χ2n) is 5.91. The zero-order valence-electron chi connectivity index (χ0n) is 14.9. The number of ether oxygens (including phenoxy) is 7. The number of rotatable bonds is 0. The summed E-state index contributed by atoms with van der Waals surface area (Å²) in [5, 5.41) is 30.0. The predicted octanol–water partition coefficient (Wildman–Crippen LogP) is -2.09. The lowest BCUT2D eigenvalue weighted by Gasteiger charge is -2.40. The smallest absolute Gasteiger partial charge is 0.186 e. The van der Waals surface area contributed by atoms with Crippen molar-refractivity contribution >= 4 is 0 Å². The normalized spacial score (nSPS) is 37.7. The van der Waals surface area contributed by atoms with Gasteiger partial charge in [-0.15, -0.1) is 0 Å². The van der Waals surface area contributed by atoms with Gasteiger partial charge in [0, 0.05) is 0 Å². The van der Waals surface area contributed by atoms with Crippen LogP contribution < -0.4 is 0 Å². The summed E-state index contributed by atoms with van der Waals surface area (Å²) in [6.45, 7) is 3.86. The summed E-state index contributed by atoms with van der Waals surface area (Å²) in [5.41, 5.74) is 0. The number of aliphatic hydroxyl groups is 3. The Kier molecular flexibility index (Phi) is 10.9. The predicted molar refractivity (Wildman–Crippen MR) is 86.7 cm³/mol. The van der Waals surface area contributed by atoms with E-state index in [0.29, 0.717) is 52.9 Å². The van der Waals surface area contributed by atoms with Gasteiger partial charge in [-0.3, -0.25) is 0 Å². The van der Waals surface area contributed by atoms with E-state index in [2.05, 4.69) is 0 Å². The summed E-state index contributed by atoms with van der Waals surface area (Å²) in [6, 6.07) is 0. The van der Waals surface area contributed by atoms with Crippen LogP contribution in [-0.4, -0.2) is 119 Å². The molecule has 0 aromatic carbocycles. The van der Waals surface area contributed by atoms with Crippen LogP contribution in [0.1, 0.15) is 0 Å². The van der Waals surface area contributed by atoms with Crippen LogP contribution in [0, 0.1) is 0 Å². The molecule has 0 aromatic rings. The van der Waals surface area contributed by atoms with Gasteiger partial charge in [-0.1, -0.05) is 0 Å². The van der Waals surface area contributed by atoms with Crippen LogP contribution in [0.25, 0.3) is 0 Å². The second-order valence-corrected chi connectivity index (χ2v) is 5.91. The maximum absolute atomic E-state index is 10.0. The van der Waals surface area contributed by atoms with Gasteiger partial charge in [0.15, 0.2) is 6.29 Å². The molecule has 2 heterocycles. The van der Waals surface area contributed by atoms with Gasteiger partial charge >= 0.3 is 0 Å². The van der Waals surface area contributed by atoms with E-state index < -0.39 is 30.7 Å². The third-order valence-electron chi connectivity index (χ3n) is 3.95. The second kappa shape index (κ2) is 12.9. The first kappa shape index (κ1) is 21.9. The van der Waals surface area contributed by atoms with Crippen molar-refractivity contribution in [2.75, 3.05) is 72.7 Å². The fourth-order valence-electron chi connectivity index (χ4n) is 2.49. The van der Waals surface area contributed by atoms with Gasteiger partial charge in [-0.25, -0.2) is 0 Å². The van der Waals surface area contributed by atoms with Crippen molar-refractivity contribution in [1.82, 2.24) is 0 Å². The molecular formula is C16H30O10. The van der Waals surface area contributed by atoms with Gasteiger partial charge in [0.2, 0.25) is 0 Å². The van der Waals surface area contributed by atoms with Gasteiger partial charge in [0.25, 0.3) is 0 Å². The Morgan fingerprint density at radius 3 is 1.50 bits per heavy atom. The minimum Gasteiger partial charge on any atom is -0.387 e. The van der Waals surface area contributed by atoms with Gasteiger partial charge in [-0.2, -0.15) is 0 Å². The first-order chi connectivity index (χ1) is 12.7. The minimum absolute atomic E-state index is 0.0402. The molecule has 5 atom stereocenters. The Bertz CT molecular complexity index is 324. The lowest BCUT2D eigenvalue weighted by molar-refractivity contribution is -0.304. The molecule has 2 aliphatic heterocycles. The number of aliphatic hydroxyl groups excluding tert-OH is 3. The molecule has 0 unspecified atom stereocenters. The molecule has 0 radical (unpaired) electrons. The Hall–Kier alpha value is -0.400. The largest absolute Gasteiger partial charge is 0.387 e. The molecule has 10 heteroatoms. The standard InChI is InChI=1S/C16H30O10/c17-13-12-11-24-8-7-22-4-3-20-1-2-21-5-6-23-9-10-25-16(26-12)15(19)14(13)18/h12-19H,1-11H2/t12-,13-,14+,15-,16+/m1/s1. The van der Waals surface area contributed by atoms with Crippen molar-refractivity contribution in [3.05, 3.63) is 0 Å². The van der Waals surface area contributed by atoms with Crippen LogP contribution >= 0.6 is 0 Å². The van der Waals surface area contributed by atoms with Crippen LogP contribution in [0.5, 0.6) is 0 Å². The van der Waals surface area contributed by atoms with Crippen molar-refractivity contribution in [1.29, 1.82) is 0 Å². The Balaban J connectivity index is 1.79. The van der Waals surface area contributed by atoms with E-state index in [0.717, 1.165) is 0 Å². The zero-order valence-corrected chi connectivity index (χ0v) is 14.9. The first-order valence-corrected chi connectivity index (χ1v) is 8.90. The van der Waals surface area contributed by atoms with Gasteiger partial charge in [0.1, 0.15) is 24.4 Å². The Morgan fingerprint density at radius 2 is 0.962 bits per heavy atom. The highest BCUT2D eigenvalue weighted by atomic mass is 16.7. The van der Waals surface area contributed by atoms with Crippen molar-refractivity contribution in [3.8, 4) is 0 Å². The van der Waals surface area contributed by atoms with Crippen LogP contribution in [0.2, 0.25) is 0 Å².